The fourth-order valence-corrected chi connectivity index (χ4v) is 1.57. The first-order chi connectivity index (χ1) is 10.3. The summed E-state index contributed by atoms with van der Waals surface area (Å²) in [5.74, 6) is -0.926. The lowest BCUT2D eigenvalue weighted by atomic mass is 10.1. The second-order valence-electron chi connectivity index (χ2n) is 5.59. The first-order valence-corrected chi connectivity index (χ1v) is 6.64. The maximum absolute atomic E-state index is 11.9. The molecule has 0 aliphatic rings. The minimum atomic E-state index is -0.466. The van der Waals surface area contributed by atoms with Crippen LogP contribution in [0.5, 0.6) is 0 Å². The van der Waals surface area contributed by atoms with Crippen molar-refractivity contribution in [1.82, 2.24) is 5.32 Å². The molecule has 0 atom stereocenters. The molecule has 0 spiro atoms. The lowest BCUT2D eigenvalue weighted by molar-refractivity contribution is -0.118. The summed E-state index contributed by atoms with van der Waals surface area (Å²) >= 11 is 0. The van der Waals surface area contributed by atoms with Gasteiger partial charge in [0, 0.05) is 17.4 Å². The highest BCUT2D eigenvalue weighted by atomic mass is 16.5. The number of amides is 1. The Morgan fingerprint density at radius 2 is 2.00 bits per heavy atom. The molecule has 1 aromatic rings. The smallest absolute Gasteiger partial charge is 0.337 e. The third kappa shape index (κ3) is 5.29. The molecule has 1 rings (SSSR count). The van der Waals surface area contributed by atoms with Gasteiger partial charge in [-0.1, -0.05) is 6.07 Å². The van der Waals surface area contributed by atoms with E-state index in [4.69, 9.17) is 5.26 Å². The number of hydrogen-bond acceptors (Lipinski definition) is 5. The van der Waals surface area contributed by atoms with E-state index in [1.165, 1.54) is 13.3 Å². The van der Waals surface area contributed by atoms with Gasteiger partial charge in [0.05, 0.1) is 12.7 Å². The van der Waals surface area contributed by atoms with Crippen LogP contribution in [0.3, 0.4) is 0 Å². The first kappa shape index (κ1) is 17.2. The van der Waals surface area contributed by atoms with Crippen molar-refractivity contribution in [3.05, 3.63) is 41.6 Å². The van der Waals surface area contributed by atoms with Crippen LogP contribution >= 0.6 is 0 Å². The lowest BCUT2D eigenvalue weighted by Crippen LogP contribution is -2.41. The van der Waals surface area contributed by atoms with Crippen molar-refractivity contribution in [2.45, 2.75) is 26.3 Å². The summed E-state index contributed by atoms with van der Waals surface area (Å²) in [6, 6.07) is 8.39. The number of ether oxygens (including phenoxy) is 1. The predicted molar refractivity (Wildman–Crippen MR) is 83.0 cm³/mol. The summed E-state index contributed by atoms with van der Waals surface area (Å²) in [5, 5.41) is 14.6. The van der Waals surface area contributed by atoms with E-state index >= 15 is 0 Å². The summed E-state index contributed by atoms with van der Waals surface area (Å²) in [5.41, 5.74) is 0.453. The number of benzene rings is 1. The zero-order chi connectivity index (χ0) is 16.8. The number of nitriles is 1. The van der Waals surface area contributed by atoms with E-state index in [2.05, 4.69) is 15.4 Å². The number of nitrogens with one attached hydrogen (secondary N) is 2. The van der Waals surface area contributed by atoms with Gasteiger partial charge in [0.1, 0.15) is 11.6 Å². The molecule has 0 aliphatic carbocycles. The van der Waals surface area contributed by atoms with Gasteiger partial charge in [-0.05, 0) is 39.0 Å². The van der Waals surface area contributed by atoms with E-state index in [0.29, 0.717) is 11.3 Å². The third-order valence-corrected chi connectivity index (χ3v) is 2.52. The Morgan fingerprint density at radius 3 is 2.55 bits per heavy atom. The molecule has 0 unspecified atom stereocenters. The first-order valence-electron chi connectivity index (χ1n) is 6.64. The van der Waals surface area contributed by atoms with Gasteiger partial charge in [-0.3, -0.25) is 4.79 Å². The lowest BCUT2D eigenvalue weighted by Gasteiger charge is -2.20. The van der Waals surface area contributed by atoms with Crippen molar-refractivity contribution in [2.75, 3.05) is 12.4 Å². The van der Waals surface area contributed by atoms with E-state index in [1.54, 1.807) is 24.3 Å². The van der Waals surface area contributed by atoms with Crippen LogP contribution < -0.4 is 10.6 Å². The van der Waals surface area contributed by atoms with Crippen LogP contribution in [0.4, 0.5) is 5.69 Å². The minimum Gasteiger partial charge on any atom is -0.465 e. The zero-order valence-electron chi connectivity index (χ0n) is 13.1. The van der Waals surface area contributed by atoms with Gasteiger partial charge in [0.2, 0.25) is 0 Å². The Kier molecular flexibility index (Phi) is 5.70. The number of nitrogens with zero attached hydrogens (tertiary/aromatic N) is 1. The Labute approximate surface area is 129 Å². The number of hydrogen-bond donors (Lipinski definition) is 2. The fraction of sp³-hybridized carbons (Fsp3) is 0.312. The summed E-state index contributed by atoms with van der Waals surface area (Å²) in [7, 11) is 1.30. The van der Waals surface area contributed by atoms with Gasteiger partial charge in [-0.15, -0.1) is 0 Å². The average Bonchev–Trinajstić information content (AvgIpc) is 2.45. The molecule has 0 aromatic heterocycles. The van der Waals surface area contributed by atoms with Crippen LogP contribution in [-0.4, -0.2) is 24.5 Å². The molecule has 116 valence electrons. The molecule has 0 saturated carbocycles. The van der Waals surface area contributed by atoms with Gasteiger partial charge >= 0.3 is 5.97 Å². The van der Waals surface area contributed by atoms with Crippen LogP contribution in [0.15, 0.2) is 36.0 Å². The maximum Gasteiger partial charge on any atom is 0.337 e. The molecule has 0 saturated heterocycles. The van der Waals surface area contributed by atoms with Crippen LogP contribution in [0.25, 0.3) is 0 Å². The third-order valence-electron chi connectivity index (χ3n) is 2.52. The molecule has 6 nitrogen and oxygen atoms in total. The van der Waals surface area contributed by atoms with Gasteiger partial charge in [0.15, 0.2) is 0 Å². The second kappa shape index (κ2) is 7.27. The van der Waals surface area contributed by atoms with Gasteiger partial charge in [0.25, 0.3) is 5.91 Å². The number of anilines is 1. The molecule has 22 heavy (non-hydrogen) atoms. The Bertz CT molecular complexity index is 637. The Morgan fingerprint density at radius 1 is 1.32 bits per heavy atom. The van der Waals surface area contributed by atoms with Crippen molar-refractivity contribution in [1.29, 1.82) is 5.26 Å². The highest BCUT2D eigenvalue weighted by Crippen LogP contribution is 2.12. The van der Waals surface area contributed by atoms with Gasteiger partial charge in [-0.25, -0.2) is 4.79 Å². The molecular weight excluding hydrogens is 282 g/mol. The SMILES string of the molecule is COC(=O)c1cccc(N/C=C(/C#N)C(=O)NC(C)(C)C)c1. The monoisotopic (exact) mass is 301 g/mol. The molecule has 0 fully saturated rings. The molecule has 0 bridgehead atoms. The molecule has 0 aliphatic heterocycles. The van der Waals surface area contributed by atoms with Crippen molar-refractivity contribution in [2.24, 2.45) is 0 Å². The van der Waals surface area contributed by atoms with E-state index in [0.717, 1.165) is 0 Å². The summed E-state index contributed by atoms with van der Waals surface area (Å²) in [6.07, 6.45) is 1.30. The molecular formula is C16H19N3O3. The molecule has 2 N–H and O–H groups in total. The largest absolute Gasteiger partial charge is 0.465 e. The van der Waals surface area contributed by atoms with E-state index in [-0.39, 0.29) is 5.57 Å². The van der Waals surface area contributed by atoms with E-state index < -0.39 is 17.4 Å². The van der Waals surface area contributed by atoms with Gasteiger partial charge in [-0.2, -0.15) is 5.26 Å². The topological polar surface area (TPSA) is 91.2 Å². The molecule has 0 radical (unpaired) electrons. The normalized spacial score (nSPS) is 11.3. The van der Waals surface area contributed by atoms with E-state index in [1.807, 2.05) is 26.8 Å². The zero-order valence-corrected chi connectivity index (χ0v) is 13.1. The van der Waals surface area contributed by atoms with E-state index in [9.17, 15) is 9.59 Å². The number of methoxy groups -OCH3 is 1. The quantitative estimate of drug-likeness (QED) is 0.505. The van der Waals surface area contributed by atoms with Crippen LogP contribution in [0.1, 0.15) is 31.1 Å². The highest BCUT2D eigenvalue weighted by Gasteiger charge is 2.17. The molecule has 0 heterocycles. The van der Waals surface area contributed by atoms with Crippen LogP contribution in [0, 0.1) is 11.3 Å². The molecule has 1 amide bonds. The number of rotatable bonds is 4. The molecule has 1 aromatic carbocycles. The summed E-state index contributed by atoms with van der Waals surface area (Å²) < 4.78 is 4.63. The Balaban J connectivity index is 2.87. The van der Waals surface area contributed by atoms with Crippen LogP contribution in [0.2, 0.25) is 0 Å². The number of carbonyl (C=O) groups is 2. The average molecular weight is 301 g/mol. The van der Waals surface area contributed by atoms with Crippen molar-refractivity contribution in [3.63, 3.8) is 0 Å². The minimum absolute atomic E-state index is 0.0570. The maximum atomic E-state index is 11.9. The van der Waals surface area contributed by atoms with Crippen LogP contribution in [-0.2, 0) is 9.53 Å². The second-order valence-corrected chi connectivity index (χ2v) is 5.59. The van der Waals surface area contributed by atoms with Crippen molar-refractivity contribution in [3.8, 4) is 6.07 Å². The Hall–Kier alpha value is -2.81. The summed E-state index contributed by atoms with van der Waals surface area (Å²) in [6.45, 7) is 5.48. The van der Waals surface area contributed by atoms with Gasteiger partial charge < -0.3 is 15.4 Å². The number of esters is 1. The number of carbonyl (C=O) groups excluding carboxylic acids is 2. The van der Waals surface area contributed by atoms with Crippen molar-refractivity contribution >= 4 is 17.6 Å². The fourth-order valence-electron chi connectivity index (χ4n) is 1.57. The highest BCUT2D eigenvalue weighted by molar-refractivity contribution is 5.98. The predicted octanol–water partition coefficient (Wildman–Crippen LogP) is 2.21. The summed E-state index contributed by atoms with van der Waals surface area (Å²) in [4.78, 5) is 23.4. The molecule has 6 heteroatoms. The standard InChI is InChI=1S/C16H19N3O3/c1-16(2,3)19-14(20)12(9-17)10-18-13-7-5-6-11(8-13)15(21)22-4/h5-8,10,18H,1-4H3,(H,19,20)/b12-10-. The van der Waals surface area contributed by atoms with Crippen molar-refractivity contribution < 1.29 is 14.3 Å².